The molecule has 1 heterocycles. The van der Waals surface area contributed by atoms with Crippen molar-refractivity contribution in [3.63, 3.8) is 0 Å². The van der Waals surface area contributed by atoms with E-state index in [1.165, 1.54) is 11.3 Å². The summed E-state index contributed by atoms with van der Waals surface area (Å²) in [5.74, 6) is 0. The van der Waals surface area contributed by atoms with Crippen LogP contribution < -0.4 is 0 Å². The van der Waals surface area contributed by atoms with E-state index < -0.39 is 0 Å². The van der Waals surface area contributed by atoms with Crippen LogP contribution in [0.2, 0.25) is 0 Å². The van der Waals surface area contributed by atoms with Crippen LogP contribution in [0.4, 0.5) is 0 Å². The molecule has 0 aliphatic rings. The standard InChI is InChI=1S/C12H8O2S/c13-6-9-5-12(15-8-9)11-4-2-1-3-10(11)7-14/h1-8H. The molecule has 0 N–H and O–H groups in total. The van der Waals surface area contributed by atoms with E-state index in [2.05, 4.69) is 0 Å². The second-order valence-corrected chi connectivity index (χ2v) is 3.98. The average molecular weight is 216 g/mol. The van der Waals surface area contributed by atoms with E-state index in [-0.39, 0.29) is 0 Å². The molecule has 0 radical (unpaired) electrons. The maximum absolute atomic E-state index is 10.8. The summed E-state index contributed by atoms with van der Waals surface area (Å²) in [5, 5.41) is 1.78. The van der Waals surface area contributed by atoms with Crippen LogP contribution in [0, 0.1) is 0 Å². The fourth-order valence-corrected chi connectivity index (χ4v) is 2.28. The minimum absolute atomic E-state index is 0.649. The molecule has 2 rings (SSSR count). The molecule has 2 nitrogen and oxygen atoms in total. The van der Waals surface area contributed by atoms with Gasteiger partial charge in [0.05, 0.1) is 0 Å². The number of thiophene rings is 1. The predicted molar refractivity (Wildman–Crippen MR) is 60.5 cm³/mol. The van der Waals surface area contributed by atoms with Crippen molar-refractivity contribution in [3.05, 3.63) is 46.8 Å². The van der Waals surface area contributed by atoms with Crippen molar-refractivity contribution in [3.8, 4) is 10.4 Å². The zero-order valence-corrected chi connectivity index (χ0v) is 8.66. The molecule has 0 bridgehead atoms. The number of rotatable bonds is 3. The van der Waals surface area contributed by atoms with E-state index in [4.69, 9.17) is 0 Å². The van der Waals surface area contributed by atoms with Gasteiger partial charge in [-0.05, 0) is 6.07 Å². The Balaban J connectivity index is 2.52. The summed E-state index contributed by atoms with van der Waals surface area (Å²) in [6.07, 6.45) is 1.64. The highest BCUT2D eigenvalue weighted by atomic mass is 32.1. The van der Waals surface area contributed by atoms with Gasteiger partial charge in [-0.15, -0.1) is 11.3 Å². The third kappa shape index (κ3) is 1.87. The van der Waals surface area contributed by atoms with Gasteiger partial charge in [0.2, 0.25) is 0 Å². The molecular weight excluding hydrogens is 208 g/mol. The fourth-order valence-electron chi connectivity index (χ4n) is 1.38. The Labute approximate surface area is 91.2 Å². The average Bonchev–Trinajstić information content (AvgIpc) is 2.77. The number of hydrogen-bond acceptors (Lipinski definition) is 3. The molecule has 0 saturated carbocycles. The van der Waals surface area contributed by atoms with Crippen LogP contribution in [-0.2, 0) is 0 Å². The van der Waals surface area contributed by atoms with Crippen molar-refractivity contribution < 1.29 is 9.59 Å². The second-order valence-electron chi connectivity index (χ2n) is 3.07. The van der Waals surface area contributed by atoms with Crippen LogP contribution >= 0.6 is 11.3 Å². The summed E-state index contributed by atoms with van der Waals surface area (Å²) in [7, 11) is 0. The van der Waals surface area contributed by atoms with Crippen LogP contribution in [-0.4, -0.2) is 12.6 Å². The van der Waals surface area contributed by atoms with Crippen LogP contribution in [0.3, 0.4) is 0 Å². The third-order valence-corrected chi connectivity index (χ3v) is 3.09. The molecule has 0 saturated heterocycles. The molecule has 2 aromatic rings. The molecule has 0 fully saturated rings. The minimum Gasteiger partial charge on any atom is -0.298 e. The van der Waals surface area contributed by atoms with Crippen molar-refractivity contribution in [2.75, 3.05) is 0 Å². The first-order valence-corrected chi connectivity index (χ1v) is 5.31. The predicted octanol–water partition coefficient (Wildman–Crippen LogP) is 3.04. The molecule has 0 aliphatic heterocycles. The van der Waals surface area contributed by atoms with Gasteiger partial charge >= 0.3 is 0 Å². The SMILES string of the molecule is O=Cc1csc(-c2ccccc2C=O)c1. The molecular formula is C12H8O2S. The highest BCUT2D eigenvalue weighted by Crippen LogP contribution is 2.28. The number of aldehydes is 2. The highest BCUT2D eigenvalue weighted by molar-refractivity contribution is 7.13. The minimum atomic E-state index is 0.649. The quantitative estimate of drug-likeness (QED) is 0.739. The normalized spacial score (nSPS) is 9.87. The smallest absolute Gasteiger partial charge is 0.150 e. The zero-order valence-electron chi connectivity index (χ0n) is 7.84. The van der Waals surface area contributed by atoms with Crippen molar-refractivity contribution in [2.45, 2.75) is 0 Å². The Morgan fingerprint density at radius 2 is 1.87 bits per heavy atom. The molecule has 0 aliphatic carbocycles. The molecule has 3 heteroatoms. The number of benzene rings is 1. The monoisotopic (exact) mass is 216 g/mol. The molecule has 0 spiro atoms. The first-order chi connectivity index (χ1) is 7.35. The van der Waals surface area contributed by atoms with E-state index in [9.17, 15) is 9.59 Å². The van der Waals surface area contributed by atoms with E-state index in [1.807, 2.05) is 18.2 Å². The Morgan fingerprint density at radius 1 is 1.07 bits per heavy atom. The van der Waals surface area contributed by atoms with Gasteiger partial charge in [0, 0.05) is 26.9 Å². The summed E-state index contributed by atoms with van der Waals surface area (Å²) in [6, 6.07) is 9.14. The first-order valence-electron chi connectivity index (χ1n) is 4.43. The van der Waals surface area contributed by atoms with Gasteiger partial charge < -0.3 is 0 Å². The number of hydrogen-bond donors (Lipinski definition) is 0. The van der Waals surface area contributed by atoms with Crippen molar-refractivity contribution in [1.82, 2.24) is 0 Å². The van der Waals surface area contributed by atoms with Crippen LogP contribution in [0.15, 0.2) is 35.7 Å². The summed E-state index contributed by atoms with van der Waals surface area (Å²) in [5.41, 5.74) is 2.18. The summed E-state index contributed by atoms with van der Waals surface area (Å²) in [4.78, 5) is 22.3. The summed E-state index contributed by atoms with van der Waals surface area (Å²) >= 11 is 1.47. The van der Waals surface area contributed by atoms with Crippen LogP contribution in [0.5, 0.6) is 0 Å². The summed E-state index contributed by atoms with van der Waals surface area (Å²) in [6.45, 7) is 0. The lowest BCUT2D eigenvalue weighted by molar-refractivity contribution is 0.111. The van der Waals surface area contributed by atoms with Crippen molar-refractivity contribution in [1.29, 1.82) is 0 Å². The Hall–Kier alpha value is -1.74. The summed E-state index contributed by atoms with van der Waals surface area (Å²) < 4.78 is 0. The topological polar surface area (TPSA) is 34.1 Å². The fraction of sp³-hybridized carbons (Fsp3) is 0. The Bertz CT molecular complexity index is 500. The zero-order chi connectivity index (χ0) is 10.7. The van der Waals surface area contributed by atoms with Crippen molar-refractivity contribution >= 4 is 23.9 Å². The van der Waals surface area contributed by atoms with E-state index in [0.717, 1.165) is 23.0 Å². The molecule has 0 unspecified atom stereocenters. The van der Waals surface area contributed by atoms with Gasteiger partial charge in [-0.25, -0.2) is 0 Å². The van der Waals surface area contributed by atoms with Crippen molar-refractivity contribution in [2.24, 2.45) is 0 Å². The number of carbonyl (C=O) groups is 2. The van der Waals surface area contributed by atoms with E-state index in [1.54, 1.807) is 17.5 Å². The highest BCUT2D eigenvalue weighted by Gasteiger charge is 2.06. The molecule has 0 atom stereocenters. The maximum atomic E-state index is 10.8. The lowest BCUT2D eigenvalue weighted by atomic mass is 10.1. The van der Waals surface area contributed by atoms with Gasteiger partial charge in [0.25, 0.3) is 0 Å². The third-order valence-electron chi connectivity index (χ3n) is 2.11. The van der Waals surface area contributed by atoms with E-state index >= 15 is 0 Å². The first kappa shape index (κ1) is 9.80. The maximum Gasteiger partial charge on any atom is 0.150 e. The lowest BCUT2D eigenvalue weighted by Gasteiger charge is -1.99. The molecule has 0 amide bonds. The number of carbonyl (C=O) groups excluding carboxylic acids is 2. The lowest BCUT2D eigenvalue weighted by Crippen LogP contribution is -1.83. The Kier molecular flexibility index (Phi) is 2.74. The molecule has 74 valence electrons. The Morgan fingerprint density at radius 3 is 2.53 bits per heavy atom. The van der Waals surface area contributed by atoms with Gasteiger partial charge in [-0.2, -0.15) is 0 Å². The second kappa shape index (κ2) is 4.19. The van der Waals surface area contributed by atoms with Gasteiger partial charge in [0.1, 0.15) is 0 Å². The van der Waals surface area contributed by atoms with E-state index in [0.29, 0.717) is 11.1 Å². The largest absolute Gasteiger partial charge is 0.298 e. The van der Waals surface area contributed by atoms with Gasteiger partial charge in [-0.1, -0.05) is 24.3 Å². The van der Waals surface area contributed by atoms with Crippen LogP contribution in [0.25, 0.3) is 10.4 Å². The molecule has 1 aromatic heterocycles. The van der Waals surface area contributed by atoms with Gasteiger partial charge in [-0.3, -0.25) is 9.59 Å². The molecule has 1 aromatic carbocycles. The van der Waals surface area contributed by atoms with Gasteiger partial charge in [0.15, 0.2) is 12.6 Å². The van der Waals surface area contributed by atoms with Crippen LogP contribution in [0.1, 0.15) is 20.7 Å². The molecule has 15 heavy (non-hydrogen) atoms.